The molecule has 0 saturated heterocycles. The molecule has 2 nitrogen and oxygen atoms in total. The summed E-state index contributed by atoms with van der Waals surface area (Å²) in [4.78, 5) is 2.09. The van der Waals surface area contributed by atoms with Crippen molar-refractivity contribution in [3.05, 3.63) is 35.9 Å². The van der Waals surface area contributed by atoms with Crippen molar-refractivity contribution in [2.45, 2.75) is 26.0 Å². The van der Waals surface area contributed by atoms with Crippen molar-refractivity contribution >= 4 is 0 Å². The fourth-order valence-electron chi connectivity index (χ4n) is 2.09. The highest BCUT2D eigenvalue weighted by molar-refractivity contribution is 5.19. The van der Waals surface area contributed by atoms with E-state index in [9.17, 15) is 5.11 Å². The largest absolute Gasteiger partial charge is 0.387 e. The smallest absolute Gasteiger partial charge is 0.0947 e. The van der Waals surface area contributed by atoms with Crippen molar-refractivity contribution in [2.24, 2.45) is 5.92 Å². The summed E-state index contributed by atoms with van der Waals surface area (Å²) in [6, 6.07) is 10.0. The topological polar surface area (TPSA) is 23.5 Å². The highest BCUT2D eigenvalue weighted by atomic mass is 16.3. The van der Waals surface area contributed by atoms with E-state index in [1.807, 2.05) is 44.4 Å². The normalized spacial score (nSPS) is 15.7. The minimum absolute atomic E-state index is 0.160. The minimum Gasteiger partial charge on any atom is -0.387 e. The van der Waals surface area contributed by atoms with Gasteiger partial charge in [-0.3, -0.25) is 0 Å². The van der Waals surface area contributed by atoms with Gasteiger partial charge in [0.1, 0.15) is 0 Å². The van der Waals surface area contributed by atoms with E-state index >= 15 is 0 Å². The molecule has 0 heterocycles. The first-order valence-corrected chi connectivity index (χ1v) is 5.43. The molecule has 1 N–H and O–H groups in total. The first-order valence-electron chi connectivity index (χ1n) is 5.43. The van der Waals surface area contributed by atoms with Crippen molar-refractivity contribution in [2.75, 3.05) is 14.1 Å². The van der Waals surface area contributed by atoms with E-state index < -0.39 is 6.10 Å². The Balaban J connectivity index is 2.86. The Labute approximate surface area is 92.5 Å². The fraction of sp³-hybridized carbons (Fsp3) is 0.538. The molecule has 0 radical (unpaired) electrons. The lowest BCUT2D eigenvalue weighted by molar-refractivity contribution is 0.0494. The summed E-state index contributed by atoms with van der Waals surface area (Å²) >= 11 is 0. The van der Waals surface area contributed by atoms with Crippen LogP contribution >= 0.6 is 0 Å². The van der Waals surface area contributed by atoms with Crippen LogP contribution in [0, 0.1) is 5.92 Å². The van der Waals surface area contributed by atoms with E-state index in [4.69, 9.17) is 0 Å². The van der Waals surface area contributed by atoms with Crippen LogP contribution in [-0.4, -0.2) is 30.1 Å². The molecule has 0 aliphatic rings. The Morgan fingerprint density at radius 2 is 1.60 bits per heavy atom. The number of aliphatic hydroxyl groups excluding tert-OH is 1. The number of likely N-dealkylation sites (N-methyl/N-ethyl adjacent to an activating group) is 1. The SMILES string of the molecule is CC(C)[C@@H]([C@@H](O)c1ccccc1)N(C)C. The molecule has 0 saturated carbocycles. The number of hydrogen-bond acceptors (Lipinski definition) is 2. The van der Waals surface area contributed by atoms with Crippen LogP contribution in [0.25, 0.3) is 0 Å². The van der Waals surface area contributed by atoms with Crippen LogP contribution < -0.4 is 0 Å². The molecule has 0 spiro atoms. The van der Waals surface area contributed by atoms with Crippen LogP contribution in [0.5, 0.6) is 0 Å². The van der Waals surface area contributed by atoms with Crippen molar-refractivity contribution in [3.8, 4) is 0 Å². The summed E-state index contributed by atoms with van der Waals surface area (Å²) in [6.07, 6.45) is -0.416. The molecule has 1 aromatic rings. The molecule has 0 amide bonds. The molecular weight excluding hydrogens is 186 g/mol. The van der Waals surface area contributed by atoms with Gasteiger partial charge in [-0.25, -0.2) is 0 Å². The lowest BCUT2D eigenvalue weighted by Gasteiger charge is -2.32. The number of benzene rings is 1. The highest BCUT2D eigenvalue weighted by Crippen LogP contribution is 2.24. The predicted octanol–water partition coefficient (Wildman–Crippen LogP) is 2.31. The Morgan fingerprint density at radius 1 is 1.07 bits per heavy atom. The second-order valence-corrected chi connectivity index (χ2v) is 4.55. The molecule has 0 aliphatic heterocycles. The van der Waals surface area contributed by atoms with E-state index in [0.29, 0.717) is 5.92 Å². The third-order valence-electron chi connectivity index (χ3n) is 2.74. The number of hydrogen-bond donors (Lipinski definition) is 1. The molecule has 15 heavy (non-hydrogen) atoms. The zero-order chi connectivity index (χ0) is 11.4. The third kappa shape index (κ3) is 3.05. The van der Waals surface area contributed by atoms with Gasteiger partial charge in [0.25, 0.3) is 0 Å². The van der Waals surface area contributed by atoms with E-state index in [1.54, 1.807) is 0 Å². The third-order valence-corrected chi connectivity index (χ3v) is 2.74. The monoisotopic (exact) mass is 207 g/mol. The van der Waals surface area contributed by atoms with Gasteiger partial charge in [-0.15, -0.1) is 0 Å². The average Bonchev–Trinajstić information content (AvgIpc) is 2.18. The zero-order valence-electron chi connectivity index (χ0n) is 10.0. The van der Waals surface area contributed by atoms with Gasteiger partial charge in [0.15, 0.2) is 0 Å². The van der Waals surface area contributed by atoms with E-state index in [1.165, 1.54) is 0 Å². The highest BCUT2D eigenvalue weighted by Gasteiger charge is 2.25. The maximum Gasteiger partial charge on any atom is 0.0947 e. The zero-order valence-corrected chi connectivity index (χ0v) is 10.0. The number of aliphatic hydroxyl groups is 1. The lowest BCUT2D eigenvalue weighted by atomic mass is 9.92. The van der Waals surface area contributed by atoms with Crippen LogP contribution in [0.1, 0.15) is 25.5 Å². The number of rotatable bonds is 4. The van der Waals surface area contributed by atoms with Crippen LogP contribution in [0.4, 0.5) is 0 Å². The predicted molar refractivity (Wildman–Crippen MR) is 63.7 cm³/mol. The fourth-order valence-corrected chi connectivity index (χ4v) is 2.09. The second kappa shape index (κ2) is 5.29. The lowest BCUT2D eigenvalue weighted by Crippen LogP contribution is -2.38. The molecule has 1 aromatic carbocycles. The Bertz CT molecular complexity index is 274. The van der Waals surface area contributed by atoms with Crippen molar-refractivity contribution in [1.82, 2.24) is 4.90 Å². The maximum atomic E-state index is 10.3. The molecule has 1 rings (SSSR count). The molecule has 0 aromatic heterocycles. The first-order chi connectivity index (χ1) is 7.04. The number of nitrogens with zero attached hydrogens (tertiary/aromatic N) is 1. The molecule has 2 heteroatoms. The van der Waals surface area contributed by atoms with Crippen LogP contribution in [0.15, 0.2) is 30.3 Å². The Morgan fingerprint density at radius 3 is 2.00 bits per heavy atom. The molecular formula is C13H21NO. The van der Waals surface area contributed by atoms with E-state index in [0.717, 1.165) is 5.56 Å². The summed E-state index contributed by atoms with van der Waals surface area (Å²) in [7, 11) is 4.02. The molecule has 84 valence electrons. The summed E-state index contributed by atoms with van der Waals surface area (Å²) < 4.78 is 0. The van der Waals surface area contributed by atoms with Gasteiger partial charge < -0.3 is 10.0 Å². The van der Waals surface area contributed by atoms with Crippen molar-refractivity contribution < 1.29 is 5.11 Å². The van der Waals surface area contributed by atoms with Gasteiger partial charge in [-0.1, -0.05) is 44.2 Å². The Kier molecular flexibility index (Phi) is 4.30. The summed E-state index contributed by atoms with van der Waals surface area (Å²) in [6.45, 7) is 4.27. The second-order valence-electron chi connectivity index (χ2n) is 4.55. The van der Waals surface area contributed by atoms with Gasteiger partial charge in [-0.05, 0) is 25.6 Å². The van der Waals surface area contributed by atoms with Gasteiger partial charge in [-0.2, -0.15) is 0 Å². The van der Waals surface area contributed by atoms with Gasteiger partial charge in [0.05, 0.1) is 6.10 Å². The summed E-state index contributed by atoms with van der Waals surface area (Å²) in [5.41, 5.74) is 0.991. The van der Waals surface area contributed by atoms with Gasteiger partial charge in [0.2, 0.25) is 0 Å². The van der Waals surface area contributed by atoms with E-state index in [2.05, 4.69) is 18.7 Å². The molecule has 0 bridgehead atoms. The average molecular weight is 207 g/mol. The minimum atomic E-state index is -0.416. The molecule has 0 fully saturated rings. The van der Waals surface area contributed by atoms with Crippen molar-refractivity contribution in [3.63, 3.8) is 0 Å². The Hall–Kier alpha value is -0.860. The molecule has 0 unspecified atom stereocenters. The van der Waals surface area contributed by atoms with Gasteiger partial charge >= 0.3 is 0 Å². The van der Waals surface area contributed by atoms with Crippen LogP contribution in [0.2, 0.25) is 0 Å². The first kappa shape index (κ1) is 12.2. The van der Waals surface area contributed by atoms with E-state index in [-0.39, 0.29) is 6.04 Å². The molecule has 0 aliphatic carbocycles. The standard InChI is InChI=1S/C13H21NO/c1-10(2)12(14(3)4)13(15)11-8-6-5-7-9-11/h5-10,12-13,15H,1-4H3/t12-,13-/m0/s1. The van der Waals surface area contributed by atoms with Crippen LogP contribution in [0.3, 0.4) is 0 Å². The molecule has 2 atom stereocenters. The van der Waals surface area contributed by atoms with Gasteiger partial charge in [0, 0.05) is 6.04 Å². The summed E-state index contributed by atoms with van der Waals surface area (Å²) in [5.74, 6) is 0.426. The quantitative estimate of drug-likeness (QED) is 0.819. The van der Waals surface area contributed by atoms with Crippen molar-refractivity contribution in [1.29, 1.82) is 0 Å². The summed E-state index contributed by atoms with van der Waals surface area (Å²) in [5, 5.41) is 10.3. The maximum absolute atomic E-state index is 10.3. The van der Waals surface area contributed by atoms with Crippen LogP contribution in [-0.2, 0) is 0 Å².